The first-order valence-corrected chi connectivity index (χ1v) is 5.60. The Balaban J connectivity index is 2.48. The molecule has 2 nitrogen and oxygen atoms in total. The van der Waals surface area contributed by atoms with Crippen molar-refractivity contribution in [1.29, 1.82) is 0 Å². The van der Waals surface area contributed by atoms with E-state index in [2.05, 4.69) is 37.9 Å². The highest BCUT2D eigenvalue weighted by Gasteiger charge is 2.32. The molecule has 0 saturated heterocycles. The third-order valence-corrected chi connectivity index (χ3v) is 3.35. The van der Waals surface area contributed by atoms with Crippen LogP contribution in [0.4, 0.5) is 0 Å². The molecule has 0 fully saturated rings. The van der Waals surface area contributed by atoms with E-state index in [1.165, 1.54) is 36.2 Å². The molecule has 0 radical (unpaired) electrons. The standard InChI is InChI=1S/C12H20N2/c1-8(2)10-9-6-5-7-12(3,4)11(9)14-13-10/h8H,5-7H2,1-4H3,(H,13,14). The van der Waals surface area contributed by atoms with Gasteiger partial charge < -0.3 is 0 Å². The molecule has 0 unspecified atom stereocenters. The molecule has 1 aromatic rings. The summed E-state index contributed by atoms with van der Waals surface area (Å²) in [5, 5.41) is 7.73. The van der Waals surface area contributed by atoms with Crippen LogP contribution in [0.3, 0.4) is 0 Å². The third kappa shape index (κ3) is 1.37. The number of fused-ring (bicyclic) bond motifs is 1. The lowest BCUT2D eigenvalue weighted by molar-refractivity contribution is 0.420. The summed E-state index contributed by atoms with van der Waals surface area (Å²) < 4.78 is 0. The molecule has 1 aliphatic rings. The van der Waals surface area contributed by atoms with E-state index in [0.717, 1.165) is 0 Å². The van der Waals surface area contributed by atoms with Gasteiger partial charge in [0, 0.05) is 11.1 Å². The van der Waals surface area contributed by atoms with Crippen LogP contribution in [-0.2, 0) is 11.8 Å². The summed E-state index contributed by atoms with van der Waals surface area (Å²) in [5.41, 5.74) is 4.44. The molecule has 0 bridgehead atoms. The van der Waals surface area contributed by atoms with Crippen LogP contribution in [0.2, 0.25) is 0 Å². The van der Waals surface area contributed by atoms with E-state index in [0.29, 0.717) is 5.92 Å². The van der Waals surface area contributed by atoms with Gasteiger partial charge in [0.15, 0.2) is 0 Å². The van der Waals surface area contributed by atoms with Gasteiger partial charge in [-0.3, -0.25) is 5.10 Å². The Labute approximate surface area is 86.1 Å². The summed E-state index contributed by atoms with van der Waals surface area (Å²) in [6.07, 6.45) is 3.78. The van der Waals surface area contributed by atoms with Gasteiger partial charge in [-0.1, -0.05) is 27.7 Å². The number of aromatic amines is 1. The van der Waals surface area contributed by atoms with E-state index in [-0.39, 0.29) is 5.41 Å². The third-order valence-electron chi connectivity index (χ3n) is 3.35. The highest BCUT2D eigenvalue weighted by molar-refractivity contribution is 5.34. The minimum Gasteiger partial charge on any atom is -0.282 e. The normalized spacial score (nSPS) is 19.8. The molecule has 1 heterocycles. The Morgan fingerprint density at radius 2 is 2.07 bits per heavy atom. The molecular weight excluding hydrogens is 172 g/mol. The van der Waals surface area contributed by atoms with E-state index in [1.807, 2.05) is 0 Å². The van der Waals surface area contributed by atoms with E-state index in [9.17, 15) is 0 Å². The number of aromatic nitrogens is 2. The van der Waals surface area contributed by atoms with Gasteiger partial charge in [-0.25, -0.2) is 0 Å². The highest BCUT2D eigenvalue weighted by atomic mass is 15.1. The Bertz CT molecular complexity index is 334. The number of H-pyrrole nitrogens is 1. The van der Waals surface area contributed by atoms with Crippen molar-refractivity contribution < 1.29 is 0 Å². The maximum absolute atomic E-state index is 4.51. The molecule has 14 heavy (non-hydrogen) atoms. The van der Waals surface area contributed by atoms with Crippen LogP contribution in [0, 0.1) is 0 Å². The van der Waals surface area contributed by atoms with E-state index in [4.69, 9.17) is 0 Å². The lowest BCUT2D eigenvalue weighted by Gasteiger charge is -2.28. The van der Waals surface area contributed by atoms with Crippen LogP contribution in [0.5, 0.6) is 0 Å². The van der Waals surface area contributed by atoms with Gasteiger partial charge in [0.1, 0.15) is 0 Å². The molecule has 0 aromatic carbocycles. The van der Waals surface area contributed by atoms with E-state index in [1.54, 1.807) is 0 Å². The molecule has 0 atom stereocenters. The number of hydrogen-bond donors (Lipinski definition) is 1. The smallest absolute Gasteiger partial charge is 0.0713 e. The van der Waals surface area contributed by atoms with Gasteiger partial charge in [-0.2, -0.15) is 5.10 Å². The second-order valence-corrected chi connectivity index (χ2v) is 5.36. The summed E-state index contributed by atoms with van der Waals surface area (Å²) in [6, 6.07) is 0. The predicted molar refractivity (Wildman–Crippen MR) is 58.6 cm³/mol. The molecule has 78 valence electrons. The van der Waals surface area contributed by atoms with Crippen LogP contribution in [0.25, 0.3) is 0 Å². The molecule has 0 saturated carbocycles. The maximum atomic E-state index is 4.51. The SMILES string of the molecule is CC(C)c1[nH]nc2c1CCCC2(C)C. The Morgan fingerprint density at radius 3 is 2.71 bits per heavy atom. The van der Waals surface area contributed by atoms with Crippen molar-refractivity contribution in [2.75, 3.05) is 0 Å². The number of nitrogens with one attached hydrogen (secondary N) is 1. The largest absolute Gasteiger partial charge is 0.282 e. The van der Waals surface area contributed by atoms with Crippen molar-refractivity contribution in [3.63, 3.8) is 0 Å². The van der Waals surface area contributed by atoms with Crippen molar-refractivity contribution >= 4 is 0 Å². The molecule has 1 aromatic heterocycles. The molecule has 0 amide bonds. The van der Waals surface area contributed by atoms with Gasteiger partial charge in [-0.05, 0) is 30.7 Å². The van der Waals surface area contributed by atoms with Gasteiger partial charge in [0.2, 0.25) is 0 Å². The molecule has 0 spiro atoms. The lowest BCUT2D eigenvalue weighted by Crippen LogP contribution is -2.24. The topological polar surface area (TPSA) is 28.7 Å². The van der Waals surface area contributed by atoms with Gasteiger partial charge in [-0.15, -0.1) is 0 Å². The summed E-state index contributed by atoms with van der Waals surface area (Å²) in [4.78, 5) is 0. The van der Waals surface area contributed by atoms with Crippen LogP contribution in [0.15, 0.2) is 0 Å². The van der Waals surface area contributed by atoms with Gasteiger partial charge in [0.05, 0.1) is 5.69 Å². The van der Waals surface area contributed by atoms with Crippen molar-refractivity contribution in [1.82, 2.24) is 10.2 Å². The van der Waals surface area contributed by atoms with Crippen LogP contribution < -0.4 is 0 Å². The maximum Gasteiger partial charge on any atom is 0.0713 e. The second-order valence-electron chi connectivity index (χ2n) is 5.36. The highest BCUT2D eigenvalue weighted by Crippen LogP contribution is 2.37. The number of rotatable bonds is 1. The Hall–Kier alpha value is -0.790. The average Bonchev–Trinajstić information content (AvgIpc) is 2.48. The second kappa shape index (κ2) is 3.11. The average molecular weight is 192 g/mol. The van der Waals surface area contributed by atoms with Gasteiger partial charge in [0.25, 0.3) is 0 Å². The zero-order chi connectivity index (χ0) is 10.3. The zero-order valence-corrected chi connectivity index (χ0v) is 9.65. The zero-order valence-electron chi connectivity index (χ0n) is 9.65. The van der Waals surface area contributed by atoms with Crippen molar-refractivity contribution in [2.24, 2.45) is 0 Å². The molecule has 1 N–H and O–H groups in total. The fraction of sp³-hybridized carbons (Fsp3) is 0.750. The lowest BCUT2D eigenvalue weighted by atomic mass is 9.75. The Morgan fingerprint density at radius 1 is 1.36 bits per heavy atom. The monoisotopic (exact) mass is 192 g/mol. The first-order chi connectivity index (χ1) is 6.52. The molecule has 2 heteroatoms. The summed E-state index contributed by atoms with van der Waals surface area (Å²) >= 11 is 0. The summed E-state index contributed by atoms with van der Waals surface area (Å²) in [5.74, 6) is 0.570. The first kappa shape index (κ1) is 9.75. The number of nitrogens with zero attached hydrogens (tertiary/aromatic N) is 1. The van der Waals surface area contributed by atoms with Crippen LogP contribution >= 0.6 is 0 Å². The van der Waals surface area contributed by atoms with Crippen LogP contribution in [0.1, 0.15) is 63.4 Å². The minimum absolute atomic E-state index is 0.275. The van der Waals surface area contributed by atoms with Gasteiger partial charge >= 0.3 is 0 Å². The van der Waals surface area contributed by atoms with E-state index < -0.39 is 0 Å². The summed E-state index contributed by atoms with van der Waals surface area (Å²) in [7, 11) is 0. The van der Waals surface area contributed by atoms with Crippen LogP contribution in [-0.4, -0.2) is 10.2 Å². The van der Waals surface area contributed by atoms with Crippen molar-refractivity contribution in [3.05, 3.63) is 17.0 Å². The van der Waals surface area contributed by atoms with Crippen molar-refractivity contribution in [2.45, 2.75) is 58.3 Å². The number of hydrogen-bond acceptors (Lipinski definition) is 1. The Kier molecular flexibility index (Phi) is 2.17. The summed E-state index contributed by atoms with van der Waals surface area (Å²) in [6.45, 7) is 9.07. The molecule has 0 aliphatic heterocycles. The minimum atomic E-state index is 0.275. The first-order valence-electron chi connectivity index (χ1n) is 5.60. The predicted octanol–water partition coefficient (Wildman–Crippen LogP) is 3.15. The molecule has 1 aliphatic carbocycles. The van der Waals surface area contributed by atoms with E-state index >= 15 is 0 Å². The molecular formula is C12H20N2. The quantitative estimate of drug-likeness (QED) is 0.727. The fourth-order valence-corrected chi connectivity index (χ4v) is 2.49. The molecule has 2 rings (SSSR count). The fourth-order valence-electron chi connectivity index (χ4n) is 2.49. The van der Waals surface area contributed by atoms with Crippen molar-refractivity contribution in [3.8, 4) is 0 Å².